The molecule has 24 heteroatoms. The Morgan fingerprint density at radius 3 is 1.10 bits per heavy atom. The van der Waals surface area contributed by atoms with Crippen LogP contribution in [0.25, 0.3) is 0 Å². The zero-order chi connectivity index (χ0) is 48.6. The Balaban J connectivity index is -0.000000153. The van der Waals surface area contributed by atoms with Crippen molar-refractivity contribution in [2.45, 2.75) is 132 Å². The molecular formula is C43H87N11O9P2S2. The molecule has 0 spiro atoms. The number of carbonyl (C=O) groups excluding carboxylic acids is 9. The highest BCUT2D eigenvalue weighted by Gasteiger charge is 2.24. The predicted octanol–water partition coefficient (Wildman–Crippen LogP) is 2.32. The largest absolute Gasteiger partial charge is 0.368 e. The summed E-state index contributed by atoms with van der Waals surface area (Å²) in [5.41, 5.74) is 10.5. The fourth-order valence-corrected chi connectivity index (χ4v) is 5.39. The molecule has 0 aromatic heterocycles. The monoisotopic (exact) mass is 1030 g/mol. The van der Waals surface area contributed by atoms with Gasteiger partial charge in [-0.15, -0.1) is 0 Å². The number of nitrogens with zero attached hydrogens (tertiary/aromatic N) is 2. The second kappa shape index (κ2) is 51.4. The summed E-state index contributed by atoms with van der Waals surface area (Å²) < 4.78 is 0. The molecule has 0 aromatic carbocycles. The van der Waals surface area contributed by atoms with Gasteiger partial charge in [0.05, 0.1) is 18.1 Å². The molecule has 11 N–H and O–H groups in total. The Labute approximate surface area is 415 Å². The first kappa shape index (κ1) is 77.2. The maximum absolute atomic E-state index is 11.7. The third-order valence-corrected chi connectivity index (χ3v) is 11.6. The van der Waals surface area contributed by atoms with Gasteiger partial charge in [-0.05, 0) is 103 Å². The van der Waals surface area contributed by atoms with Crippen LogP contribution in [0.3, 0.4) is 0 Å². The van der Waals surface area contributed by atoms with E-state index in [9.17, 15) is 43.2 Å². The van der Waals surface area contributed by atoms with Crippen molar-refractivity contribution >= 4 is 90.9 Å². The van der Waals surface area contributed by atoms with Gasteiger partial charge in [-0.2, -0.15) is 0 Å². The standard InChI is InChI=1S/C15H24N4O4.C14H22N4O4.C8H19N3O.C2H6.4CH4.P2S2/c1-16-11(15(23)17-2)5-3-4-9-18-12(20)8-10-19-13(21)6-7-14(19)22;1-16-10(14(15)22)4-2-3-8-17-11(19)7-9-18-12(20)5-6-13(18)21;1-10-7(8(12)11-2)5-3-4-6-9;1-2;;;;;3-1-2-4/h6-7,11,16H,3-5,8-10H2,1-2H3,(H,17,23)(H,18,20);5-6,10,16H,2-4,7-9H2,1H3,(H2,15,22)(H,17,19);7,10H,3-6,9H2,1-2H3,(H,11,12);1-2H3;4*1H4;. The Hall–Kier alpha value is -4.01. The van der Waals surface area contributed by atoms with Crippen LogP contribution < -0.4 is 48.7 Å². The molecule has 0 fully saturated rings. The minimum atomic E-state index is -0.389. The second-order valence-electron chi connectivity index (χ2n) is 13.1. The number of rotatable bonds is 27. The molecule has 2 rings (SSSR count). The van der Waals surface area contributed by atoms with E-state index < -0.39 is 0 Å². The van der Waals surface area contributed by atoms with Crippen LogP contribution in [0, 0.1) is 0 Å². The van der Waals surface area contributed by atoms with E-state index >= 15 is 0 Å². The van der Waals surface area contributed by atoms with E-state index in [1.807, 2.05) is 13.8 Å². The van der Waals surface area contributed by atoms with Gasteiger partial charge >= 0.3 is 0 Å². The molecule has 0 saturated carbocycles. The summed E-state index contributed by atoms with van der Waals surface area (Å²) in [5.74, 6) is -2.34. The van der Waals surface area contributed by atoms with E-state index in [1.165, 1.54) is 24.3 Å². The van der Waals surface area contributed by atoms with Crippen LogP contribution in [0.4, 0.5) is 0 Å². The molecule has 2 heterocycles. The van der Waals surface area contributed by atoms with E-state index in [0.717, 1.165) is 68.8 Å². The van der Waals surface area contributed by atoms with Crippen molar-refractivity contribution < 1.29 is 43.2 Å². The molecule has 3 unspecified atom stereocenters. The predicted molar refractivity (Wildman–Crippen MR) is 280 cm³/mol. The van der Waals surface area contributed by atoms with Gasteiger partial charge in [0.1, 0.15) is 0 Å². The molecule has 20 nitrogen and oxygen atoms in total. The molecule has 2 aliphatic rings. The summed E-state index contributed by atoms with van der Waals surface area (Å²) in [5, 5.41) is 19.4. The Morgan fingerprint density at radius 2 is 0.851 bits per heavy atom. The van der Waals surface area contributed by atoms with E-state index in [0.29, 0.717) is 32.5 Å². The average molecular weight is 1030 g/mol. The zero-order valence-electron chi connectivity index (χ0n) is 37.8. The molecule has 0 saturated heterocycles. The average Bonchev–Trinajstić information content (AvgIpc) is 3.79. The molecule has 390 valence electrons. The van der Waals surface area contributed by atoms with Crippen molar-refractivity contribution in [2.24, 2.45) is 11.5 Å². The highest BCUT2D eigenvalue weighted by Crippen LogP contribution is 2.10. The first-order chi connectivity index (χ1) is 30.1. The van der Waals surface area contributed by atoms with E-state index in [-0.39, 0.29) is 127 Å². The van der Waals surface area contributed by atoms with Crippen LogP contribution in [-0.2, 0) is 66.8 Å². The molecule has 9 amide bonds. The van der Waals surface area contributed by atoms with Crippen LogP contribution >= 0.6 is 14.1 Å². The number of primary amides is 1. The molecular weight excluding hydrogens is 941 g/mol. The van der Waals surface area contributed by atoms with Crippen molar-refractivity contribution in [3.63, 3.8) is 0 Å². The van der Waals surface area contributed by atoms with Gasteiger partial charge in [0, 0.05) is 91.5 Å². The molecule has 2 aliphatic heterocycles. The summed E-state index contributed by atoms with van der Waals surface area (Å²) in [6.45, 7) is 5.86. The summed E-state index contributed by atoms with van der Waals surface area (Å²) in [4.78, 5) is 104. The summed E-state index contributed by atoms with van der Waals surface area (Å²) in [7, 11) is 10.2. The van der Waals surface area contributed by atoms with Crippen LogP contribution in [0.15, 0.2) is 24.3 Å². The van der Waals surface area contributed by atoms with Crippen molar-refractivity contribution in [3.8, 4) is 0 Å². The number of hydrogen-bond donors (Lipinski definition) is 9. The number of carbonyl (C=O) groups is 9. The van der Waals surface area contributed by atoms with Crippen molar-refractivity contribution in [3.05, 3.63) is 24.3 Å². The summed E-state index contributed by atoms with van der Waals surface area (Å²) in [6.07, 6.45) is 12.1. The van der Waals surface area contributed by atoms with Gasteiger partial charge < -0.3 is 48.7 Å². The van der Waals surface area contributed by atoms with Gasteiger partial charge in [-0.1, -0.05) is 50.0 Å². The van der Waals surface area contributed by atoms with Crippen LogP contribution in [-0.4, -0.2) is 149 Å². The molecule has 0 aromatic rings. The third-order valence-electron chi connectivity index (χ3n) is 8.90. The normalized spacial score (nSPS) is 13.0. The minimum absolute atomic E-state index is 0. The molecule has 0 aliphatic carbocycles. The van der Waals surface area contributed by atoms with Crippen molar-refractivity contribution in [2.75, 3.05) is 68.0 Å². The maximum Gasteiger partial charge on any atom is 0.253 e. The van der Waals surface area contributed by atoms with Gasteiger partial charge in [0.25, 0.3) is 23.6 Å². The topological polar surface area (TPSA) is 296 Å². The lowest BCUT2D eigenvalue weighted by Gasteiger charge is -2.15. The Kier molecular flexibility index (Phi) is 59.2. The number of amides is 9. The lowest BCUT2D eigenvalue weighted by molar-refractivity contribution is -0.139. The van der Waals surface area contributed by atoms with Crippen molar-refractivity contribution in [1.82, 2.24) is 47.0 Å². The number of hydrogen-bond acceptors (Lipinski definition) is 15. The third kappa shape index (κ3) is 38.6. The van der Waals surface area contributed by atoms with E-state index in [2.05, 4.69) is 60.8 Å². The lowest BCUT2D eigenvalue weighted by Crippen LogP contribution is -2.41. The van der Waals surface area contributed by atoms with Gasteiger partial charge in [0.15, 0.2) is 0 Å². The number of nitrogens with two attached hydrogens (primary N) is 2. The van der Waals surface area contributed by atoms with Crippen LogP contribution in [0.1, 0.15) is 114 Å². The fraction of sp³-hybridized carbons (Fsp3) is 0.698. The number of nitrogens with one attached hydrogen (secondary N) is 7. The molecule has 0 bridgehead atoms. The second-order valence-corrected chi connectivity index (χ2v) is 17.4. The van der Waals surface area contributed by atoms with Crippen molar-refractivity contribution in [1.29, 1.82) is 0 Å². The minimum Gasteiger partial charge on any atom is -0.368 e. The highest BCUT2D eigenvalue weighted by molar-refractivity contribution is 8.40. The maximum atomic E-state index is 11.7. The number of imide groups is 2. The quantitative estimate of drug-likeness (QED) is 0.0324. The van der Waals surface area contributed by atoms with Gasteiger partial charge in [0.2, 0.25) is 29.5 Å². The van der Waals surface area contributed by atoms with E-state index in [1.54, 1.807) is 35.2 Å². The van der Waals surface area contributed by atoms with Crippen LogP contribution in [0.2, 0.25) is 0 Å². The Morgan fingerprint density at radius 1 is 0.552 bits per heavy atom. The highest BCUT2D eigenvalue weighted by atomic mass is 32.7. The van der Waals surface area contributed by atoms with Crippen LogP contribution in [0.5, 0.6) is 0 Å². The molecule has 3 atom stereocenters. The first-order valence-electron chi connectivity index (χ1n) is 20.8. The van der Waals surface area contributed by atoms with E-state index in [4.69, 9.17) is 11.5 Å². The SMILES string of the molecule is C.C.C.C.CC.CNC(=O)C(CCCCN)NC.CNC(=O)C(CCCCNC(=O)CCN1C(=O)C=CC1=O)NC.CNC(CCCCNC(=O)CCN1C(=O)C=CC1=O)C(N)=O.S=PP=S. The van der Waals surface area contributed by atoms with Gasteiger partial charge in [-0.3, -0.25) is 53.0 Å². The number of likely N-dealkylation sites (N-methyl/N-ethyl adjacent to an activating group) is 5. The zero-order valence-corrected chi connectivity index (χ0v) is 41.2. The molecule has 0 radical (unpaired) electrons. The number of unbranched alkanes of at least 4 members (excludes halogenated alkanes) is 3. The first-order valence-corrected chi connectivity index (χ1v) is 25.3. The van der Waals surface area contributed by atoms with Gasteiger partial charge in [-0.25, -0.2) is 0 Å². The smallest absolute Gasteiger partial charge is 0.253 e. The fourth-order valence-electron chi connectivity index (χ4n) is 5.39. The Bertz CT molecular complexity index is 1470. The molecule has 67 heavy (non-hydrogen) atoms. The summed E-state index contributed by atoms with van der Waals surface area (Å²) in [6, 6.07) is -0.646. The summed E-state index contributed by atoms with van der Waals surface area (Å²) >= 11 is 8.82. The lowest BCUT2D eigenvalue weighted by atomic mass is 10.1.